The van der Waals surface area contributed by atoms with E-state index in [1.54, 1.807) is 18.2 Å². The van der Waals surface area contributed by atoms with Crippen LogP contribution < -0.4 is 10.1 Å². The van der Waals surface area contributed by atoms with Crippen LogP contribution in [0.1, 0.15) is 35.7 Å². The highest BCUT2D eigenvalue weighted by molar-refractivity contribution is 7.22. The SMILES string of the molecule is COc1ccc(Cl)cc1C(=O)Nc1nc2c(C(C)C)cccc2s1. The van der Waals surface area contributed by atoms with Crippen molar-refractivity contribution >= 4 is 44.2 Å². The molecule has 0 bridgehead atoms. The predicted molar refractivity (Wildman–Crippen MR) is 99.7 cm³/mol. The first-order valence-electron chi connectivity index (χ1n) is 7.54. The van der Waals surface area contributed by atoms with Crippen LogP contribution in [0.25, 0.3) is 10.2 Å². The number of anilines is 1. The Morgan fingerprint density at radius 2 is 2.08 bits per heavy atom. The van der Waals surface area contributed by atoms with E-state index in [4.69, 9.17) is 16.3 Å². The van der Waals surface area contributed by atoms with E-state index in [9.17, 15) is 4.79 Å². The molecule has 0 spiro atoms. The average Bonchev–Trinajstić information content (AvgIpc) is 2.96. The van der Waals surface area contributed by atoms with Gasteiger partial charge in [0, 0.05) is 5.02 Å². The Morgan fingerprint density at radius 3 is 2.79 bits per heavy atom. The molecule has 0 saturated carbocycles. The molecule has 24 heavy (non-hydrogen) atoms. The predicted octanol–water partition coefficient (Wildman–Crippen LogP) is 5.33. The summed E-state index contributed by atoms with van der Waals surface area (Å²) in [6, 6.07) is 11.0. The molecule has 4 nitrogen and oxygen atoms in total. The maximum atomic E-state index is 12.6. The van der Waals surface area contributed by atoms with Crippen LogP contribution in [0.2, 0.25) is 5.02 Å². The monoisotopic (exact) mass is 360 g/mol. The van der Waals surface area contributed by atoms with Gasteiger partial charge in [-0.05, 0) is 35.7 Å². The van der Waals surface area contributed by atoms with Gasteiger partial charge in [0.2, 0.25) is 0 Å². The molecule has 0 aliphatic heterocycles. The molecule has 0 atom stereocenters. The van der Waals surface area contributed by atoms with Crippen molar-refractivity contribution < 1.29 is 9.53 Å². The first-order chi connectivity index (χ1) is 11.5. The molecule has 1 aromatic heterocycles. The minimum atomic E-state index is -0.292. The van der Waals surface area contributed by atoms with Crippen molar-refractivity contribution in [1.82, 2.24) is 4.98 Å². The van der Waals surface area contributed by atoms with E-state index in [0.717, 1.165) is 10.2 Å². The van der Waals surface area contributed by atoms with Gasteiger partial charge in [0.1, 0.15) is 5.75 Å². The van der Waals surface area contributed by atoms with Gasteiger partial charge >= 0.3 is 0 Å². The normalized spacial score (nSPS) is 11.0. The molecule has 0 aliphatic carbocycles. The van der Waals surface area contributed by atoms with E-state index in [1.165, 1.54) is 24.0 Å². The third-order valence-electron chi connectivity index (χ3n) is 3.70. The van der Waals surface area contributed by atoms with E-state index in [2.05, 4.69) is 30.2 Å². The summed E-state index contributed by atoms with van der Waals surface area (Å²) in [7, 11) is 1.52. The standard InChI is InChI=1S/C18H17ClN2O2S/c1-10(2)12-5-4-6-15-16(12)20-18(24-15)21-17(22)13-9-11(19)7-8-14(13)23-3/h4-10H,1-3H3,(H,20,21,22). The minimum Gasteiger partial charge on any atom is -0.496 e. The highest BCUT2D eigenvalue weighted by Gasteiger charge is 2.16. The number of rotatable bonds is 4. The second-order valence-corrected chi connectivity index (χ2v) is 7.13. The van der Waals surface area contributed by atoms with Crippen molar-refractivity contribution in [2.24, 2.45) is 0 Å². The number of hydrogen-bond donors (Lipinski definition) is 1. The number of ether oxygens (including phenoxy) is 1. The average molecular weight is 361 g/mol. The second-order valence-electron chi connectivity index (χ2n) is 5.67. The number of nitrogens with one attached hydrogen (secondary N) is 1. The molecule has 0 unspecified atom stereocenters. The summed E-state index contributed by atoms with van der Waals surface area (Å²) in [5.74, 6) is 0.549. The molecule has 3 aromatic rings. The largest absolute Gasteiger partial charge is 0.496 e. The summed E-state index contributed by atoms with van der Waals surface area (Å²) >= 11 is 7.44. The van der Waals surface area contributed by atoms with Gasteiger partial charge < -0.3 is 4.74 Å². The first kappa shape index (κ1) is 16.7. The quantitative estimate of drug-likeness (QED) is 0.683. The lowest BCUT2D eigenvalue weighted by molar-refractivity contribution is 0.102. The molecule has 3 rings (SSSR count). The van der Waals surface area contributed by atoms with Crippen LogP contribution in [0, 0.1) is 0 Å². The number of aromatic nitrogens is 1. The van der Waals surface area contributed by atoms with Crippen molar-refractivity contribution in [2.75, 3.05) is 12.4 Å². The summed E-state index contributed by atoms with van der Waals surface area (Å²) in [4.78, 5) is 17.1. The molecule has 2 aromatic carbocycles. The Balaban J connectivity index is 1.94. The highest BCUT2D eigenvalue weighted by atomic mass is 35.5. The van der Waals surface area contributed by atoms with Gasteiger partial charge in [0.25, 0.3) is 5.91 Å². The zero-order valence-corrected chi connectivity index (χ0v) is 15.2. The summed E-state index contributed by atoms with van der Waals surface area (Å²) in [5, 5.41) is 3.88. The van der Waals surface area contributed by atoms with Gasteiger partial charge in [-0.2, -0.15) is 0 Å². The van der Waals surface area contributed by atoms with Gasteiger partial charge in [-0.3, -0.25) is 10.1 Å². The van der Waals surface area contributed by atoms with E-state index >= 15 is 0 Å². The van der Waals surface area contributed by atoms with Gasteiger partial charge in [0.15, 0.2) is 5.13 Å². The lowest BCUT2D eigenvalue weighted by Gasteiger charge is -2.08. The van der Waals surface area contributed by atoms with Crippen LogP contribution in [-0.2, 0) is 0 Å². The third-order valence-corrected chi connectivity index (χ3v) is 4.87. The summed E-state index contributed by atoms with van der Waals surface area (Å²) < 4.78 is 6.28. The zero-order valence-electron chi connectivity index (χ0n) is 13.6. The maximum absolute atomic E-state index is 12.6. The molecular formula is C18H17ClN2O2S. The van der Waals surface area contributed by atoms with E-state index in [-0.39, 0.29) is 5.91 Å². The van der Waals surface area contributed by atoms with Gasteiger partial charge in [-0.15, -0.1) is 0 Å². The summed E-state index contributed by atoms with van der Waals surface area (Å²) in [6.07, 6.45) is 0. The van der Waals surface area contributed by atoms with E-state index in [1.807, 2.05) is 12.1 Å². The molecule has 1 N–H and O–H groups in total. The molecule has 0 fully saturated rings. The van der Waals surface area contributed by atoms with Crippen LogP contribution in [-0.4, -0.2) is 18.0 Å². The molecular weight excluding hydrogens is 344 g/mol. The smallest absolute Gasteiger partial charge is 0.261 e. The Morgan fingerprint density at radius 1 is 1.29 bits per heavy atom. The highest BCUT2D eigenvalue weighted by Crippen LogP contribution is 2.32. The van der Waals surface area contributed by atoms with Crippen molar-refractivity contribution in [2.45, 2.75) is 19.8 Å². The van der Waals surface area contributed by atoms with E-state index < -0.39 is 0 Å². The molecule has 0 radical (unpaired) electrons. The van der Waals surface area contributed by atoms with Crippen LogP contribution >= 0.6 is 22.9 Å². The molecule has 0 saturated heterocycles. The molecule has 0 aliphatic rings. The lowest BCUT2D eigenvalue weighted by Crippen LogP contribution is -2.13. The third kappa shape index (κ3) is 3.23. The Kier molecular flexibility index (Phi) is 4.73. The van der Waals surface area contributed by atoms with Crippen LogP contribution in [0.3, 0.4) is 0 Å². The Bertz CT molecular complexity index is 905. The minimum absolute atomic E-state index is 0.292. The number of fused-ring (bicyclic) bond motifs is 1. The van der Waals surface area contributed by atoms with Crippen LogP contribution in [0.4, 0.5) is 5.13 Å². The second kappa shape index (κ2) is 6.79. The first-order valence-corrected chi connectivity index (χ1v) is 8.73. The van der Waals surface area contributed by atoms with E-state index in [0.29, 0.717) is 27.4 Å². The van der Waals surface area contributed by atoms with Gasteiger partial charge in [-0.25, -0.2) is 4.98 Å². The Hall–Kier alpha value is -2.11. The maximum Gasteiger partial charge on any atom is 0.261 e. The van der Waals surface area contributed by atoms with Crippen LogP contribution in [0.5, 0.6) is 5.75 Å². The number of carbonyl (C=O) groups excluding carboxylic acids is 1. The van der Waals surface area contributed by atoms with Crippen LogP contribution in [0.15, 0.2) is 36.4 Å². The zero-order chi connectivity index (χ0) is 17.3. The van der Waals surface area contributed by atoms with Gasteiger partial charge in [-0.1, -0.05) is 48.9 Å². The summed E-state index contributed by atoms with van der Waals surface area (Å²) in [6.45, 7) is 4.26. The number of methoxy groups -OCH3 is 1. The topological polar surface area (TPSA) is 51.2 Å². The van der Waals surface area contributed by atoms with Crippen molar-refractivity contribution in [3.8, 4) is 5.75 Å². The molecule has 1 heterocycles. The number of amides is 1. The fraction of sp³-hybridized carbons (Fsp3) is 0.222. The van der Waals surface area contributed by atoms with Crippen molar-refractivity contribution in [3.63, 3.8) is 0 Å². The number of nitrogens with zero attached hydrogens (tertiary/aromatic N) is 1. The number of hydrogen-bond acceptors (Lipinski definition) is 4. The number of para-hydroxylation sites is 1. The molecule has 6 heteroatoms. The molecule has 1 amide bonds. The van der Waals surface area contributed by atoms with Crippen molar-refractivity contribution in [3.05, 3.63) is 52.5 Å². The fourth-order valence-electron chi connectivity index (χ4n) is 2.51. The Labute approximate surface area is 149 Å². The summed E-state index contributed by atoms with van der Waals surface area (Å²) in [5.41, 5.74) is 2.49. The van der Waals surface area contributed by atoms with Gasteiger partial charge in [0.05, 0.1) is 22.9 Å². The number of halogens is 1. The number of carbonyl (C=O) groups is 1. The lowest BCUT2D eigenvalue weighted by atomic mass is 10.0. The number of thiazole rings is 1. The fourth-order valence-corrected chi connectivity index (χ4v) is 3.58. The molecule has 124 valence electrons. The van der Waals surface area contributed by atoms with Crippen molar-refractivity contribution in [1.29, 1.82) is 0 Å². The number of benzene rings is 2.